The normalized spacial score (nSPS) is 25.0. The van der Waals surface area contributed by atoms with Crippen LogP contribution in [0.25, 0.3) is 0 Å². The Morgan fingerprint density at radius 2 is 1.22 bits per heavy atom. The van der Waals surface area contributed by atoms with E-state index < -0.39 is 0 Å². The van der Waals surface area contributed by atoms with Gasteiger partial charge in [0.1, 0.15) is 0 Å². The van der Waals surface area contributed by atoms with Gasteiger partial charge in [-0.25, -0.2) is 0 Å². The number of hydrogen-bond donors (Lipinski definition) is 0. The van der Waals surface area contributed by atoms with Crippen molar-refractivity contribution >= 4 is 9.39 Å². The van der Waals surface area contributed by atoms with Gasteiger partial charge in [-0.3, -0.25) is 4.67 Å². The van der Waals surface area contributed by atoms with Gasteiger partial charge in [0.15, 0.2) is 0 Å². The van der Waals surface area contributed by atoms with E-state index in [2.05, 4.69) is 14.1 Å². The van der Waals surface area contributed by atoms with Gasteiger partial charge in [-0.1, -0.05) is 28.7 Å². The molecule has 1 atom stereocenters. The summed E-state index contributed by atoms with van der Waals surface area (Å²) < 4.78 is 2.36. The van der Waals surface area contributed by atoms with Crippen LogP contribution in [-0.4, -0.2) is 17.8 Å². The van der Waals surface area contributed by atoms with Crippen LogP contribution in [0.4, 0.5) is 0 Å². The zero-order valence-corrected chi connectivity index (χ0v) is 7.13. The van der Waals surface area contributed by atoms with E-state index in [1.807, 2.05) is 0 Å². The van der Waals surface area contributed by atoms with Crippen molar-refractivity contribution in [3.05, 3.63) is 0 Å². The summed E-state index contributed by atoms with van der Waals surface area (Å²) in [6.45, 7) is 2.56. The van der Waals surface area contributed by atoms with Crippen LogP contribution in [0.1, 0.15) is 32.1 Å². The molecule has 0 radical (unpaired) electrons. The Balaban J connectivity index is 2.12. The molecule has 0 aromatic rings. The molecule has 0 saturated carbocycles. The summed E-state index contributed by atoms with van der Waals surface area (Å²) in [4.78, 5) is 0. The van der Waals surface area contributed by atoms with Crippen molar-refractivity contribution < 1.29 is 0 Å². The molecule has 1 saturated heterocycles. The van der Waals surface area contributed by atoms with Crippen LogP contribution in [0, 0.1) is 0 Å². The summed E-state index contributed by atoms with van der Waals surface area (Å²) in [5.74, 6) is 0. The maximum absolute atomic E-state index is 2.80. The lowest BCUT2D eigenvalue weighted by Crippen LogP contribution is -2.16. The van der Waals surface area contributed by atoms with E-state index in [1.165, 1.54) is 45.2 Å². The topological polar surface area (TPSA) is 3.24 Å². The third kappa shape index (κ3) is 3.17. The minimum atomic E-state index is 1.28. The fraction of sp³-hybridized carbons (Fsp3) is 1.00. The number of nitrogens with zero attached hydrogens (tertiary/aromatic N) is 1. The Morgan fingerprint density at radius 3 is 1.78 bits per heavy atom. The second-order valence-corrected chi connectivity index (χ2v) is 3.53. The third-order valence-corrected chi connectivity index (χ3v) is 2.41. The van der Waals surface area contributed by atoms with Gasteiger partial charge >= 0.3 is 0 Å². The molecule has 1 aliphatic heterocycles. The SMILES string of the molecule is PN1CCCCCCC1. The largest absolute Gasteiger partial charge is 0.287 e. The van der Waals surface area contributed by atoms with Gasteiger partial charge in [-0.15, -0.1) is 0 Å². The van der Waals surface area contributed by atoms with E-state index in [0.29, 0.717) is 0 Å². The quantitative estimate of drug-likeness (QED) is 0.471. The van der Waals surface area contributed by atoms with Crippen molar-refractivity contribution in [2.24, 2.45) is 0 Å². The zero-order chi connectivity index (χ0) is 6.53. The van der Waals surface area contributed by atoms with Crippen molar-refractivity contribution in [2.45, 2.75) is 32.1 Å². The molecule has 0 bridgehead atoms. The predicted molar refractivity (Wildman–Crippen MR) is 44.4 cm³/mol. The molecule has 1 fully saturated rings. The van der Waals surface area contributed by atoms with Crippen LogP contribution in [0.15, 0.2) is 0 Å². The minimum Gasteiger partial charge on any atom is -0.287 e. The molecule has 0 spiro atoms. The first kappa shape index (κ1) is 7.50. The monoisotopic (exact) mass is 145 g/mol. The van der Waals surface area contributed by atoms with E-state index in [9.17, 15) is 0 Å². The molecule has 54 valence electrons. The van der Waals surface area contributed by atoms with Crippen molar-refractivity contribution in [2.75, 3.05) is 13.1 Å². The highest BCUT2D eigenvalue weighted by Crippen LogP contribution is 2.12. The summed E-state index contributed by atoms with van der Waals surface area (Å²) in [6.07, 6.45) is 7.11. The van der Waals surface area contributed by atoms with E-state index in [-0.39, 0.29) is 0 Å². The molecule has 1 nitrogen and oxygen atoms in total. The summed E-state index contributed by atoms with van der Waals surface area (Å²) >= 11 is 0. The maximum Gasteiger partial charge on any atom is 0.00161 e. The highest BCUT2D eigenvalue weighted by Gasteiger charge is 2.01. The lowest BCUT2D eigenvalue weighted by Gasteiger charge is -2.18. The van der Waals surface area contributed by atoms with E-state index in [0.717, 1.165) is 0 Å². The zero-order valence-electron chi connectivity index (χ0n) is 5.97. The second kappa shape index (κ2) is 4.24. The molecule has 1 aliphatic rings. The summed E-state index contributed by atoms with van der Waals surface area (Å²) in [6, 6.07) is 0. The maximum atomic E-state index is 2.80. The molecule has 0 aromatic carbocycles. The number of hydrogen-bond acceptors (Lipinski definition) is 1. The standard InChI is InChI=1S/C7H16NP/c9-8-6-4-2-1-3-5-7-8/h1-7,9H2. The van der Waals surface area contributed by atoms with Gasteiger partial charge in [-0.05, 0) is 12.8 Å². The third-order valence-electron chi connectivity index (χ3n) is 1.89. The summed E-state index contributed by atoms with van der Waals surface area (Å²) in [5, 5.41) is 0. The van der Waals surface area contributed by atoms with Crippen LogP contribution < -0.4 is 0 Å². The van der Waals surface area contributed by atoms with Crippen molar-refractivity contribution in [3.8, 4) is 0 Å². The van der Waals surface area contributed by atoms with Gasteiger partial charge in [0, 0.05) is 13.1 Å². The molecule has 0 aliphatic carbocycles. The van der Waals surface area contributed by atoms with Gasteiger partial charge in [0.05, 0.1) is 0 Å². The Hall–Kier alpha value is 0.390. The van der Waals surface area contributed by atoms with Gasteiger partial charge in [-0.2, -0.15) is 0 Å². The summed E-state index contributed by atoms with van der Waals surface area (Å²) in [7, 11) is 2.80. The Kier molecular flexibility index (Phi) is 3.54. The fourth-order valence-electron chi connectivity index (χ4n) is 1.27. The molecule has 1 unspecified atom stereocenters. The van der Waals surface area contributed by atoms with Crippen LogP contribution in [0.3, 0.4) is 0 Å². The Labute approximate surface area is 60.1 Å². The predicted octanol–water partition coefficient (Wildman–Crippen LogP) is 2.04. The van der Waals surface area contributed by atoms with Gasteiger partial charge < -0.3 is 0 Å². The first-order chi connectivity index (χ1) is 4.39. The average Bonchev–Trinajstić information content (AvgIpc) is 1.79. The molecule has 9 heavy (non-hydrogen) atoms. The summed E-state index contributed by atoms with van der Waals surface area (Å²) in [5.41, 5.74) is 0. The first-order valence-corrected chi connectivity index (χ1v) is 4.41. The first-order valence-electron chi connectivity index (χ1n) is 3.89. The van der Waals surface area contributed by atoms with Crippen LogP contribution in [0.2, 0.25) is 0 Å². The highest BCUT2D eigenvalue weighted by atomic mass is 31.0. The molecule has 1 rings (SSSR count). The molecule has 0 amide bonds. The van der Waals surface area contributed by atoms with E-state index in [4.69, 9.17) is 0 Å². The molecule has 2 heteroatoms. The lowest BCUT2D eigenvalue weighted by molar-refractivity contribution is 0.398. The molecule has 0 N–H and O–H groups in total. The molecular weight excluding hydrogens is 129 g/mol. The van der Waals surface area contributed by atoms with Crippen molar-refractivity contribution in [3.63, 3.8) is 0 Å². The van der Waals surface area contributed by atoms with E-state index >= 15 is 0 Å². The molecule has 0 aromatic heterocycles. The smallest absolute Gasteiger partial charge is 0.00161 e. The lowest BCUT2D eigenvalue weighted by atomic mass is 10.1. The van der Waals surface area contributed by atoms with Crippen LogP contribution in [-0.2, 0) is 0 Å². The highest BCUT2D eigenvalue weighted by molar-refractivity contribution is 7.13. The van der Waals surface area contributed by atoms with Crippen molar-refractivity contribution in [1.29, 1.82) is 0 Å². The fourth-order valence-corrected chi connectivity index (χ4v) is 1.64. The second-order valence-electron chi connectivity index (χ2n) is 2.80. The minimum absolute atomic E-state index is 1.28. The number of rotatable bonds is 0. The molecule has 1 heterocycles. The van der Waals surface area contributed by atoms with Gasteiger partial charge in [0.2, 0.25) is 0 Å². The van der Waals surface area contributed by atoms with Crippen molar-refractivity contribution in [1.82, 2.24) is 4.67 Å². The molecular formula is C7H16NP. The average molecular weight is 145 g/mol. The van der Waals surface area contributed by atoms with E-state index in [1.54, 1.807) is 0 Å². The Bertz CT molecular complexity index is 67.3. The van der Waals surface area contributed by atoms with Crippen LogP contribution in [0.5, 0.6) is 0 Å². The van der Waals surface area contributed by atoms with Crippen LogP contribution >= 0.6 is 9.39 Å². The Morgan fingerprint density at radius 1 is 0.778 bits per heavy atom. The van der Waals surface area contributed by atoms with Gasteiger partial charge in [0.25, 0.3) is 0 Å².